The molecule has 1 aromatic rings. The van der Waals surface area contributed by atoms with E-state index >= 15 is 0 Å². The van der Waals surface area contributed by atoms with Crippen LogP contribution >= 0.6 is 0 Å². The monoisotopic (exact) mass is 354 g/mol. The standard InChI is InChI=1S/C21H30N4O/c1-17-22-20(26)21(23-17)9-12-24(13-10-21)15-19-8-5-11-25(16-19)14-18-6-3-2-4-7-18/h2-4,6-7,19H,5,8-16H2,1H3,(H,22,23,26). The van der Waals surface area contributed by atoms with Crippen LogP contribution in [0.4, 0.5) is 0 Å². The van der Waals surface area contributed by atoms with E-state index in [9.17, 15) is 4.79 Å². The molecule has 1 N–H and O–H groups in total. The van der Waals surface area contributed by atoms with E-state index in [-0.39, 0.29) is 5.91 Å². The number of carbonyl (C=O) groups excluding carboxylic acids is 1. The van der Waals surface area contributed by atoms with Gasteiger partial charge in [-0.3, -0.25) is 14.7 Å². The van der Waals surface area contributed by atoms with Crippen LogP contribution in [0.3, 0.4) is 0 Å². The SMILES string of the molecule is CC1=NC2(CCN(CC3CCCN(Cc4ccccc4)C3)CC2)C(=O)N1. The maximum Gasteiger partial charge on any atom is 0.253 e. The molecule has 3 aliphatic rings. The lowest BCUT2D eigenvalue weighted by Crippen LogP contribution is -2.50. The predicted octanol–water partition coefficient (Wildman–Crippen LogP) is 2.28. The normalized spacial score (nSPS) is 26.7. The molecule has 4 rings (SSSR count). The number of piperidine rings is 2. The zero-order chi connectivity index (χ0) is 18.0. The van der Waals surface area contributed by atoms with Crippen LogP contribution in [0.15, 0.2) is 35.3 Å². The molecule has 2 saturated heterocycles. The minimum atomic E-state index is -0.466. The second-order valence-electron chi connectivity index (χ2n) is 8.21. The summed E-state index contributed by atoms with van der Waals surface area (Å²) in [5.74, 6) is 1.64. The van der Waals surface area contributed by atoms with Gasteiger partial charge in [-0.2, -0.15) is 0 Å². The molecule has 0 radical (unpaired) electrons. The highest BCUT2D eigenvalue weighted by atomic mass is 16.2. The van der Waals surface area contributed by atoms with Crippen molar-refractivity contribution in [2.45, 2.75) is 44.7 Å². The highest BCUT2D eigenvalue weighted by molar-refractivity contribution is 6.07. The molecule has 0 saturated carbocycles. The van der Waals surface area contributed by atoms with Crippen LogP contribution in [0, 0.1) is 5.92 Å². The first-order chi connectivity index (χ1) is 12.6. The van der Waals surface area contributed by atoms with Crippen molar-refractivity contribution in [2.24, 2.45) is 10.9 Å². The van der Waals surface area contributed by atoms with E-state index in [0.717, 1.165) is 50.8 Å². The molecule has 3 heterocycles. The number of likely N-dealkylation sites (tertiary alicyclic amines) is 2. The Labute approximate surface area is 156 Å². The smallest absolute Gasteiger partial charge is 0.253 e. The second-order valence-corrected chi connectivity index (χ2v) is 8.21. The molecular formula is C21H30N4O. The highest BCUT2D eigenvalue weighted by Gasteiger charge is 2.44. The van der Waals surface area contributed by atoms with E-state index in [1.807, 2.05) is 6.92 Å². The molecule has 5 heteroatoms. The number of rotatable bonds is 4. The Balaban J connectivity index is 1.28. The molecule has 2 fully saturated rings. The van der Waals surface area contributed by atoms with Crippen LogP contribution in [-0.4, -0.2) is 59.8 Å². The van der Waals surface area contributed by atoms with Crippen LogP contribution in [0.2, 0.25) is 0 Å². The first kappa shape index (κ1) is 17.7. The summed E-state index contributed by atoms with van der Waals surface area (Å²) in [6.45, 7) is 8.48. The highest BCUT2D eigenvalue weighted by Crippen LogP contribution is 2.31. The fourth-order valence-electron chi connectivity index (χ4n) is 4.78. The van der Waals surface area contributed by atoms with Crippen molar-refractivity contribution in [3.8, 4) is 0 Å². The lowest BCUT2D eigenvalue weighted by molar-refractivity contribution is -0.125. The predicted molar refractivity (Wildman–Crippen MR) is 104 cm³/mol. The number of nitrogens with one attached hydrogen (secondary N) is 1. The minimum absolute atomic E-state index is 0.112. The van der Waals surface area contributed by atoms with E-state index in [2.05, 4.69) is 50.4 Å². The maximum absolute atomic E-state index is 12.2. The Morgan fingerprint density at radius 1 is 1.15 bits per heavy atom. The number of amidine groups is 1. The van der Waals surface area contributed by atoms with Crippen molar-refractivity contribution < 1.29 is 4.79 Å². The van der Waals surface area contributed by atoms with E-state index < -0.39 is 5.54 Å². The Morgan fingerprint density at radius 3 is 2.62 bits per heavy atom. The summed E-state index contributed by atoms with van der Waals surface area (Å²) in [5, 5.41) is 2.89. The Bertz CT molecular complexity index is 664. The van der Waals surface area contributed by atoms with Gasteiger partial charge < -0.3 is 10.2 Å². The summed E-state index contributed by atoms with van der Waals surface area (Å²) < 4.78 is 0. The second kappa shape index (κ2) is 7.49. The molecule has 1 atom stereocenters. The summed E-state index contributed by atoms with van der Waals surface area (Å²) in [7, 11) is 0. The van der Waals surface area contributed by atoms with Gasteiger partial charge in [0.15, 0.2) is 0 Å². The zero-order valence-electron chi connectivity index (χ0n) is 15.8. The van der Waals surface area contributed by atoms with Crippen LogP contribution in [0.25, 0.3) is 0 Å². The molecule has 1 spiro atoms. The average molecular weight is 354 g/mol. The summed E-state index contributed by atoms with van der Waals surface area (Å²) in [4.78, 5) is 22.0. The molecule has 1 aromatic carbocycles. The van der Waals surface area contributed by atoms with Gasteiger partial charge in [0.25, 0.3) is 5.91 Å². The molecule has 1 amide bonds. The van der Waals surface area contributed by atoms with Crippen molar-refractivity contribution in [1.29, 1.82) is 0 Å². The maximum atomic E-state index is 12.2. The quantitative estimate of drug-likeness (QED) is 0.902. The van der Waals surface area contributed by atoms with E-state index in [4.69, 9.17) is 0 Å². The summed E-state index contributed by atoms with van der Waals surface area (Å²) in [6.07, 6.45) is 4.33. The number of amides is 1. The number of hydrogen-bond donors (Lipinski definition) is 1. The molecule has 140 valence electrons. The summed E-state index contributed by atoms with van der Waals surface area (Å²) in [5.41, 5.74) is 0.945. The van der Waals surface area contributed by atoms with E-state index in [0.29, 0.717) is 0 Å². The number of nitrogens with zero attached hydrogens (tertiary/aromatic N) is 3. The van der Waals surface area contributed by atoms with Gasteiger partial charge in [-0.1, -0.05) is 30.3 Å². The molecule has 5 nitrogen and oxygen atoms in total. The van der Waals surface area contributed by atoms with Gasteiger partial charge in [0.2, 0.25) is 0 Å². The molecule has 26 heavy (non-hydrogen) atoms. The third-order valence-electron chi connectivity index (χ3n) is 6.15. The van der Waals surface area contributed by atoms with Crippen molar-refractivity contribution >= 4 is 11.7 Å². The van der Waals surface area contributed by atoms with Crippen LogP contribution in [0.1, 0.15) is 38.2 Å². The van der Waals surface area contributed by atoms with Gasteiger partial charge in [-0.25, -0.2) is 0 Å². The van der Waals surface area contributed by atoms with E-state index in [1.54, 1.807) is 0 Å². The Morgan fingerprint density at radius 2 is 1.92 bits per heavy atom. The van der Waals surface area contributed by atoms with Gasteiger partial charge in [0.1, 0.15) is 11.4 Å². The summed E-state index contributed by atoms with van der Waals surface area (Å²) >= 11 is 0. The summed E-state index contributed by atoms with van der Waals surface area (Å²) in [6, 6.07) is 10.8. The van der Waals surface area contributed by atoms with E-state index in [1.165, 1.54) is 31.5 Å². The van der Waals surface area contributed by atoms with Crippen molar-refractivity contribution in [2.75, 3.05) is 32.7 Å². The molecule has 0 bridgehead atoms. The van der Waals surface area contributed by atoms with Crippen molar-refractivity contribution in [3.05, 3.63) is 35.9 Å². The van der Waals surface area contributed by atoms with Crippen LogP contribution in [0.5, 0.6) is 0 Å². The molecule has 1 unspecified atom stereocenters. The van der Waals surface area contributed by atoms with Crippen LogP contribution < -0.4 is 5.32 Å². The molecular weight excluding hydrogens is 324 g/mol. The van der Waals surface area contributed by atoms with Gasteiger partial charge in [0.05, 0.1) is 0 Å². The lowest BCUT2D eigenvalue weighted by atomic mass is 9.87. The van der Waals surface area contributed by atoms with Gasteiger partial charge in [-0.05, 0) is 50.6 Å². The number of carbonyl (C=O) groups is 1. The Hall–Kier alpha value is -1.72. The largest absolute Gasteiger partial charge is 0.313 e. The third-order valence-corrected chi connectivity index (χ3v) is 6.15. The van der Waals surface area contributed by atoms with Gasteiger partial charge in [0, 0.05) is 32.7 Å². The molecule has 0 aliphatic carbocycles. The third kappa shape index (κ3) is 3.84. The van der Waals surface area contributed by atoms with Crippen molar-refractivity contribution in [1.82, 2.24) is 15.1 Å². The zero-order valence-corrected chi connectivity index (χ0v) is 15.8. The number of hydrogen-bond acceptors (Lipinski definition) is 4. The average Bonchev–Trinajstić information content (AvgIpc) is 2.91. The fraction of sp³-hybridized carbons (Fsp3) is 0.619. The lowest BCUT2D eigenvalue weighted by Gasteiger charge is -2.39. The number of benzene rings is 1. The first-order valence-electron chi connectivity index (χ1n) is 9.99. The number of aliphatic imine (C=N–C) groups is 1. The molecule has 0 aromatic heterocycles. The van der Waals surface area contributed by atoms with Crippen molar-refractivity contribution in [3.63, 3.8) is 0 Å². The van der Waals surface area contributed by atoms with Gasteiger partial charge in [-0.15, -0.1) is 0 Å². The topological polar surface area (TPSA) is 47.9 Å². The fourth-order valence-corrected chi connectivity index (χ4v) is 4.78. The van der Waals surface area contributed by atoms with Gasteiger partial charge >= 0.3 is 0 Å². The molecule has 3 aliphatic heterocycles. The van der Waals surface area contributed by atoms with Crippen LogP contribution in [-0.2, 0) is 11.3 Å². The Kier molecular flexibility index (Phi) is 5.09. The first-order valence-corrected chi connectivity index (χ1v) is 9.99. The minimum Gasteiger partial charge on any atom is -0.313 e.